The lowest BCUT2D eigenvalue weighted by Crippen LogP contribution is -2.39. The Bertz CT molecular complexity index is 1010. The van der Waals surface area contributed by atoms with Crippen molar-refractivity contribution in [2.45, 2.75) is 25.8 Å². The van der Waals surface area contributed by atoms with Gasteiger partial charge in [-0.25, -0.2) is 0 Å². The van der Waals surface area contributed by atoms with Gasteiger partial charge in [-0.05, 0) is 67.5 Å². The summed E-state index contributed by atoms with van der Waals surface area (Å²) in [6.07, 6.45) is 0.634. The average Bonchev–Trinajstić information content (AvgIpc) is 3.05. The number of ether oxygens (including phenoxy) is 3. The lowest BCUT2D eigenvalue weighted by molar-refractivity contribution is -0.130. The Morgan fingerprint density at radius 2 is 1.73 bits per heavy atom. The van der Waals surface area contributed by atoms with E-state index in [2.05, 4.69) is 5.32 Å². The van der Waals surface area contributed by atoms with Crippen molar-refractivity contribution < 1.29 is 23.8 Å². The Hall–Kier alpha value is -3.33. The summed E-state index contributed by atoms with van der Waals surface area (Å²) in [6, 6.07) is 12.1. The molecular formula is C24H29N3O5S. The van der Waals surface area contributed by atoms with Crippen LogP contribution in [0.15, 0.2) is 42.5 Å². The monoisotopic (exact) mass is 471 g/mol. The van der Waals surface area contributed by atoms with Crippen LogP contribution in [0.25, 0.3) is 0 Å². The first-order valence-corrected chi connectivity index (χ1v) is 11.1. The molecule has 1 aliphatic heterocycles. The predicted octanol–water partition coefficient (Wildman–Crippen LogP) is 3.10. The summed E-state index contributed by atoms with van der Waals surface area (Å²) in [4.78, 5) is 29.1. The third-order valence-electron chi connectivity index (χ3n) is 5.56. The third-order valence-corrected chi connectivity index (χ3v) is 6.02. The summed E-state index contributed by atoms with van der Waals surface area (Å²) in [5, 5.41) is 3.29. The van der Waals surface area contributed by atoms with Crippen LogP contribution >= 0.6 is 12.2 Å². The average molecular weight is 472 g/mol. The predicted molar refractivity (Wildman–Crippen MR) is 130 cm³/mol. The first-order valence-electron chi connectivity index (χ1n) is 10.7. The highest BCUT2D eigenvalue weighted by molar-refractivity contribution is 7.80. The zero-order valence-electron chi connectivity index (χ0n) is 19.3. The topological polar surface area (TPSA) is 80.3 Å². The van der Waals surface area contributed by atoms with Gasteiger partial charge in [0, 0.05) is 18.8 Å². The molecule has 0 aromatic heterocycles. The van der Waals surface area contributed by atoms with Gasteiger partial charge in [0.25, 0.3) is 5.91 Å². The van der Waals surface area contributed by atoms with Gasteiger partial charge < -0.3 is 24.4 Å². The van der Waals surface area contributed by atoms with Crippen molar-refractivity contribution in [2.75, 3.05) is 39.7 Å². The first kappa shape index (κ1) is 24.3. The van der Waals surface area contributed by atoms with Crippen molar-refractivity contribution in [2.24, 2.45) is 0 Å². The lowest BCUT2D eigenvalue weighted by Gasteiger charge is -2.24. The van der Waals surface area contributed by atoms with Gasteiger partial charge in [0.1, 0.15) is 11.8 Å². The second-order valence-electron chi connectivity index (χ2n) is 7.49. The molecule has 8 nitrogen and oxygen atoms in total. The summed E-state index contributed by atoms with van der Waals surface area (Å²) >= 11 is 5.57. The van der Waals surface area contributed by atoms with Crippen molar-refractivity contribution in [3.8, 4) is 17.2 Å². The number of anilines is 1. The van der Waals surface area contributed by atoms with Gasteiger partial charge in [-0.2, -0.15) is 0 Å². The molecule has 0 aliphatic carbocycles. The highest BCUT2D eigenvalue weighted by Crippen LogP contribution is 2.28. The first-order chi connectivity index (χ1) is 15.9. The number of benzene rings is 2. The maximum absolute atomic E-state index is 13.0. The summed E-state index contributed by atoms with van der Waals surface area (Å²) in [7, 11) is 4.76. The minimum absolute atomic E-state index is 0.00738. The number of nitrogens with one attached hydrogen (secondary N) is 1. The van der Waals surface area contributed by atoms with E-state index >= 15 is 0 Å². The smallest absolute Gasteiger partial charge is 0.252 e. The molecule has 1 fully saturated rings. The number of hydrogen-bond donors (Lipinski definition) is 1. The van der Waals surface area contributed by atoms with Crippen LogP contribution in [0.3, 0.4) is 0 Å². The van der Waals surface area contributed by atoms with Crippen molar-refractivity contribution in [3.63, 3.8) is 0 Å². The zero-order valence-corrected chi connectivity index (χ0v) is 20.1. The van der Waals surface area contributed by atoms with E-state index in [1.807, 2.05) is 30.0 Å². The highest BCUT2D eigenvalue weighted by atomic mass is 32.1. The fourth-order valence-corrected chi connectivity index (χ4v) is 4.22. The van der Waals surface area contributed by atoms with Gasteiger partial charge in [-0.1, -0.05) is 6.07 Å². The SMILES string of the molecule is CCN1C(=O)C(CC(=O)Nc2ccc(OC)cc2)N(CCc2ccc(OC)c(OC)c2)C1=S. The Morgan fingerprint density at radius 3 is 2.33 bits per heavy atom. The van der Waals surface area contributed by atoms with E-state index in [-0.39, 0.29) is 18.2 Å². The number of methoxy groups -OCH3 is 3. The summed E-state index contributed by atoms with van der Waals surface area (Å²) in [6.45, 7) is 2.83. The van der Waals surface area contributed by atoms with Gasteiger partial charge in [0.2, 0.25) is 5.91 Å². The fourth-order valence-electron chi connectivity index (χ4n) is 3.78. The van der Waals surface area contributed by atoms with Gasteiger partial charge in [0.05, 0.1) is 27.8 Å². The molecule has 0 bridgehead atoms. The molecule has 1 aliphatic rings. The van der Waals surface area contributed by atoms with Crippen LogP contribution in [0.4, 0.5) is 5.69 Å². The quantitative estimate of drug-likeness (QED) is 0.534. The van der Waals surface area contributed by atoms with Crippen molar-refractivity contribution >= 4 is 34.8 Å². The van der Waals surface area contributed by atoms with E-state index in [1.165, 1.54) is 0 Å². The molecule has 3 rings (SSSR count). The lowest BCUT2D eigenvalue weighted by atomic mass is 10.1. The Balaban J connectivity index is 1.70. The second-order valence-corrected chi connectivity index (χ2v) is 7.86. The third kappa shape index (κ3) is 5.54. The molecule has 0 spiro atoms. The molecule has 2 amide bonds. The van der Waals surface area contributed by atoms with Gasteiger partial charge in [-0.3, -0.25) is 14.5 Å². The van der Waals surface area contributed by atoms with E-state index in [9.17, 15) is 9.59 Å². The van der Waals surface area contributed by atoms with E-state index in [1.54, 1.807) is 50.5 Å². The van der Waals surface area contributed by atoms with Crippen LogP contribution in [0, 0.1) is 0 Å². The molecule has 176 valence electrons. The Kier molecular flexibility index (Phi) is 8.11. The van der Waals surface area contributed by atoms with Crippen molar-refractivity contribution in [1.29, 1.82) is 0 Å². The summed E-state index contributed by atoms with van der Waals surface area (Å²) in [5.74, 6) is 1.58. The number of likely N-dealkylation sites (N-methyl/N-ethyl adjacent to an activating group) is 1. The molecular weight excluding hydrogens is 442 g/mol. The van der Waals surface area contributed by atoms with E-state index in [0.29, 0.717) is 47.6 Å². The molecule has 0 radical (unpaired) electrons. The highest BCUT2D eigenvalue weighted by Gasteiger charge is 2.42. The van der Waals surface area contributed by atoms with Gasteiger partial charge in [-0.15, -0.1) is 0 Å². The summed E-state index contributed by atoms with van der Waals surface area (Å²) in [5.41, 5.74) is 1.65. The standard InChI is InChI=1S/C24H29N3O5S/c1-5-26-23(29)19(15-22(28)25-17-7-9-18(30-2)10-8-17)27(24(26)33)13-12-16-6-11-20(31-3)21(14-16)32-4/h6-11,14,19H,5,12-13,15H2,1-4H3,(H,25,28). The fraction of sp³-hybridized carbons (Fsp3) is 0.375. The molecule has 1 N–H and O–H groups in total. The molecule has 1 saturated heterocycles. The molecule has 0 saturated carbocycles. The van der Waals surface area contributed by atoms with Crippen LogP contribution in [0.1, 0.15) is 18.9 Å². The van der Waals surface area contributed by atoms with Gasteiger partial charge >= 0.3 is 0 Å². The second kappa shape index (κ2) is 11.0. The molecule has 1 unspecified atom stereocenters. The van der Waals surface area contributed by atoms with Gasteiger partial charge in [0.15, 0.2) is 16.6 Å². The molecule has 33 heavy (non-hydrogen) atoms. The molecule has 2 aromatic carbocycles. The van der Waals surface area contributed by atoms with E-state index in [0.717, 1.165) is 5.56 Å². The van der Waals surface area contributed by atoms with E-state index in [4.69, 9.17) is 26.4 Å². The minimum atomic E-state index is -0.643. The Labute approximate surface area is 199 Å². The molecule has 2 aromatic rings. The Morgan fingerprint density at radius 1 is 1.03 bits per heavy atom. The number of nitrogens with zero attached hydrogens (tertiary/aromatic N) is 2. The summed E-state index contributed by atoms with van der Waals surface area (Å²) < 4.78 is 15.8. The van der Waals surface area contributed by atoms with Crippen LogP contribution in [0.5, 0.6) is 17.2 Å². The maximum Gasteiger partial charge on any atom is 0.252 e. The van der Waals surface area contributed by atoms with Crippen LogP contribution < -0.4 is 19.5 Å². The largest absolute Gasteiger partial charge is 0.497 e. The van der Waals surface area contributed by atoms with Crippen LogP contribution in [0.2, 0.25) is 0 Å². The molecule has 1 atom stereocenters. The molecule has 1 heterocycles. The van der Waals surface area contributed by atoms with Crippen molar-refractivity contribution in [3.05, 3.63) is 48.0 Å². The molecule has 9 heteroatoms. The number of carbonyl (C=O) groups is 2. The number of amides is 2. The minimum Gasteiger partial charge on any atom is -0.497 e. The van der Waals surface area contributed by atoms with Crippen LogP contribution in [-0.2, 0) is 16.0 Å². The van der Waals surface area contributed by atoms with E-state index < -0.39 is 6.04 Å². The maximum atomic E-state index is 13.0. The number of carbonyl (C=O) groups excluding carboxylic acids is 2. The number of rotatable bonds is 10. The number of thiocarbonyl (C=S) groups is 1. The zero-order chi connectivity index (χ0) is 24.0. The number of hydrogen-bond acceptors (Lipinski definition) is 6. The van der Waals surface area contributed by atoms with Crippen molar-refractivity contribution in [1.82, 2.24) is 9.80 Å². The normalized spacial score (nSPS) is 15.6. The van der Waals surface area contributed by atoms with Crippen LogP contribution in [-0.4, -0.2) is 67.2 Å².